The molecule has 1 unspecified atom stereocenters. The molecule has 0 aliphatic heterocycles. The summed E-state index contributed by atoms with van der Waals surface area (Å²) in [5, 5.41) is 7.31. The van der Waals surface area contributed by atoms with Crippen LogP contribution in [0, 0.1) is 11.6 Å². The molecule has 25 heavy (non-hydrogen) atoms. The molecule has 1 N–H and O–H groups in total. The first-order valence-electron chi connectivity index (χ1n) is 8.22. The van der Waals surface area contributed by atoms with Crippen LogP contribution in [0.1, 0.15) is 59.9 Å². The zero-order valence-electron chi connectivity index (χ0n) is 13.6. The van der Waals surface area contributed by atoms with Crippen molar-refractivity contribution in [2.24, 2.45) is 0 Å². The third kappa shape index (κ3) is 3.40. The molecule has 8 heteroatoms. The lowest BCUT2D eigenvalue weighted by Crippen LogP contribution is -2.20. The molecule has 4 rings (SSSR count). The van der Waals surface area contributed by atoms with Crippen molar-refractivity contribution >= 4 is 9.84 Å². The highest BCUT2D eigenvalue weighted by Crippen LogP contribution is 2.49. The Bertz CT molecular complexity index is 868. The Balaban J connectivity index is 1.79. The van der Waals surface area contributed by atoms with Crippen LogP contribution >= 0.6 is 0 Å². The quantitative estimate of drug-likeness (QED) is 0.846. The van der Waals surface area contributed by atoms with Crippen LogP contribution in [-0.4, -0.2) is 24.9 Å². The van der Waals surface area contributed by atoms with Gasteiger partial charge in [-0.25, -0.2) is 17.2 Å². The normalized spacial score (nSPS) is 19.0. The Morgan fingerprint density at radius 2 is 1.72 bits per heavy atom. The zero-order valence-corrected chi connectivity index (χ0v) is 14.4. The Kier molecular flexibility index (Phi) is 3.82. The maximum atomic E-state index is 13.5. The Morgan fingerprint density at radius 3 is 2.24 bits per heavy atom. The van der Waals surface area contributed by atoms with Crippen molar-refractivity contribution in [3.8, 4) is 5.75 Å². The van der Waals surface area contributed by atoms with Gasteiger partial charge in [-0.05, 0) is 25.7 Å². The van der Waals surface area contributed by atoms with Gasteiger partial charge in [-0.3, -0.25) is 5.10 Å². The molecule has 1 aromatic carbocycles. The van der Waals surface area contributed by atoms with E-state index in [1.165, 1.54) is 0 Å². The van der Waals surface area contributed by atoms with E-state index in [9.17, 15) is 17.2 Å². The maximum absolute atomic E-state index is 13.5. The number of nitrogens with one attached hydrogen (secondary N) is 1. The second-order valence-electron chi connectivity index (χ2n) is 6.87. The standard InChI is InChI=1S/C17H18F2N2O3S/c1-25(22,23)17(24-13-7-11(18)6-12(19)8-13)14-15(9-2-3-9)20-21-16(14)10-4-5-10/h6-10,17H,2-5H2,1H3,(H,20,21). The molecule has 1 atom stereocenters. The van der Waals surface area contributed by atoms with Crippen LogP contribution in [0.4, 0.5) is 8.78 Å². The van der Waals surface area contributed by atoms with Gasteiger partial charge in [-0.1, -0.05) is 0 Å². The zero-order chi connectivity index (χ0) is 17.8. The van der Waals surface area contributed by atoms with Crippen LogP contribution in [0.3, 0.4) is 0 Å². The summed E-state index contributed by atoms with van der Waals surface area (Å²) < 4.78 is 57.4. The van der Waals surface area contributed by atoms with E-state index < -0.39 is 26.9 Å². The predicted octanol–water partition coefficient (Wildman–Crippen LogP) is 3.56. The van der Waals surface area contributed by atoms with Crippen LogP contribution in [-0.2, 0) is 9.84 Å². The molecule has 2 fully saturated rings. The van der Waals surface area contributed by atoms with Crippen LogP contribution in [0.25, 0.3) is 0 Å². The predicted molar refractivity (Wildman–Crippen MR) is 87.1 cm³/mol. The van der Waals surface area contributed by atoms with E-state index in [2.05, 4.69) is 10.2 Å². The van der Waals surface area contributed by atoms with Gasteiger partial charge in [0.25, 0.3) is 0 Å². The van der Waals surface area contributed by atoms with Crippen molar-refractivity contribution < 1.29 is 21.9 Å². The van der Waals surface area contributed by atoms with E-state index >= 15 is 0 Å². The number of ether oxygens (including phenoxy) is 1. The second-order valence-corrected chi connectivity index (χ2v) is 8.96. The van der Waals surface area contributed by atoms with Gasteiger partial charge in [-0.2, -0.15) is 5.10 Å². The minimum atomic E-state index is -3.70. The van der Waals surface area contributed by atoms with Gasteiger partial charge in [0.1, 0.15) is 17.4 Å². The van der Waals surface area contributed by atoms with Gasteiger partial charge in [0.15, 0.2) is 9.84 Å². The average molecular weight is 368 g/mol. The van der Waals surface area contributed by atoms with Crippen molar-refractivity contribution in [1.29, 1.82) is 0 Å². The molecular formula is C17H18F2N2O3S. The lowest BCUT2D eigenvalue weighted by atomic mass is 10.1. The first-order valence-corrected chi connectivity index (χ1v) is 10.2. The first-order chi connectivity index (χ1) is 11.8. The Hall–Kier alpha value is -1.96. The van der Waals surface area contributed by atoms with Crippen LogP contribution in [0.15, 0.2) is 18.2 Å². The van der Waals surface area contributed by atoms with Crippen molar-refractivity contribution in [2.45, 2.75) is 43.0 Å². The molecule has 2 aliphatic rings. The summed E-state index contributed by atoms with van der Waals surface area (Å²) in [6.45, 7) is 0. The van der Waals surface area contributed by atoms with Gasteiger partial charge < -0.3 is 4.74 Å². The summed E-state index contributed by atoms with van der Waals surface area (Å²) in [6.07, 6.45) is 4.89. The number of H-pyrrole nitrogens is 1. The molecule has 0 bridgehead atoms. The average Bonchev–Trinajstić information content (AvgIpc) is 3.41. The van der Waals surface area contributed by atoms with Crippen molar-refractivity contribution in [3.63, 3.8) is 0 Å². The fourth-order valence-corrected chi connectivity index (χ4v) is 4.02. The summed E-state index contributed by atoms with van der Waals surface area (Å²) >= 11 is 0. The van der Waals surface area contributed by atoms with Gasteiger partial charge in [-0.15, -0.1) is 0 Å². The van der Waals surface area contributed by atoms with Crippen molar-refractivity contribution in [3.05, 3.63) is 46.8 Å². The van der Waals surface area contributed by atoms with E-state index in [0.717, 1.165) is 49.8 Å². The highest BCUT2D eigenvalue weighted by atomic mass is 32.2. The van der Waals surface area contributed by atoms with E-state index in [1.807, 2.05) is 0 Å². The molecule has 0 radical (unpaired) electrons. The lowest BCUT2D eigenvalue weighted by Gasteiger charge is -2.19. The monoisotopic (exact) mass is 368 g/mol. The van der Waals surface area contributed by atoms with Gasteiger partial charge in [0.05, 0.1) is 11.3 Å². The van der Waals surface area contributed by atoms with Crippen LogP contribution < -0.4 is 4.74 Å². The number of rotatable bonds is 6. The molecule has 2 aromatic rings. The molecule has 0 amide bonds. The third-order valence-corrected chi connectivity index (χ3v) is 5.63. The fraction of sp³-hybridized carbons (Fsp3) is 0.471. The Morgan fingerprint density at radius 1 is 1.12 bits per heavy atom. The number of benzene rings is 1. The van der Waals surface area contributed by atoms with E-state index in [1.54, 1.807) is 0 Å². The highest BCUT2D eigenvalue weighted by Gasteiger charge is 2.41. The topological polar surface area (TPSA) is 72.1 Å². The molecule has 2 saturated carbocycles. The smallest absolute Gasteiger partial charge is 0.227 e. The minimum absolute atomic E-state index is 0.155. The van der Waals surface area contributed by atoms with Gasteiger partial charge >= 0.3 is 0 Å². The van der Waals surface area contributed by atoms with Gasteiger partial charge in [0.2, 0.25) is 5.44 Å². The molecule has 2 aliphatic carbocycles. The van der Waals surface area contributed by atoms with E-state index in [4.69, 9.17) is 4.74 Å². The van der Waals surface area contributed by atoms with Gasteiger partial charge in [0, 0.05) is 42.0 Å². The van der Waals surface area contributed by atoms with Crippen LogP contribution in [0.5, 0.6) is 5.75 Å². The summed E-state index contributed by atoms with van der Waals surface area (Å²) in [6, 6.07) is 2.68. The SMILES string of the molecule is CS(=O)(=O)C(Oc1cc(F)cc(F)c1)c1c(C2CC2)n[nH]c1C1CC1. The molecule has 0 spiro atoms. The molecular weight excluding hydrogens is 350 g/mol. The Labute approximate surface area is 144 Å². The highest BCUT2D eigenvalue weighted by molar-refractivity contribution is 7.90. The summed E-state index contributed by atoms with van der Waals surface area (Å²) in [4.78, 5) is 0. The molecule has 5 nitrogen and oxygen atoms in total. The molecule has 1 heterocycles. The minimum Gasteiger partial charge on any atom is -0.469 e. The molecule has 0 saturated heterocycles. The number of aromatic amines is 1. The summed E-state index contributed by atoms with van der Waals surface area (Å²) in [5.41, 5.74) is 0.666. The second kappa shape index (κ2) is 5.79. The fourth-order valence-electron chi connectivity index (χ4n) is 3.06. The summed E-state index contributed by atoms with van der Waals surface area (Å²) in [5.74, 6) is -1.33. The van der Waals surface area contributed by atoms with Crippen LogP contribution in [0.2, 0.25) is 0 Å². The largest absolute Gasteiger partial charge is 0.469 e. The summed E-state index contributed by atoms with van der Waals surface area (Å²) in [7, 11) is -3.70. The number of nitrogens with zero attached hydrogens (tertiary/aromatic N) is 1. The lowest BCUT2D eigenvalue weighted by molar-refractivity contribution is 0.275. The third-order valence-electron chi connectivity index (χ3n) is 4.52. The number of sulfone groups is 1. The number of hydrogen-bond donors (Lipinski definition) is 1. The number of aromatic nitrogens is 2. The van der Waals surface area contributed by atoms with E-state index in [-0.39, 0.29) is 17.6 Å². The van der Waals surface area contributed by atoms with E-state index in [0.29, 0.717) is 17.3 Å². The maximum Gasteiger partial charge on any atom is 0.227 e. The molecule has 134 valence electrons. The van der Waals surface area contributed by atoms with Crippen molar-refractivity contribution in [2.75, 3.05) is 6.26 Å². The first kappa shape index (κ1) is 16.5. The molecule has 1 aromatic heterocycles. The number of hydrogen-bond acceptors (Lipinski definition) is 4. The van der Waals surface area contributed by atoms with Crippen molar-refractivity contribution in [1.82, 2.24) is 10.2 Å². The number of halogens is 2.